The summed E-state index contributed by atoms with van der Waals surface area (Å²) in [5, 5.41) is 8.04. The van der Waals surface area contributed by atoms with E-state index in [1.54, 1.807) is 45.3 Å². The summed E-state index contributed by atoms with van der Waals surface area (Å²) in [7, 11) is 1.70. The van der Waals surface area contributed by atoms with Gasteiger partial charge in [0.1, 0.15) is 18.0 Å². The maximum atomic E-state index is 13.3. The van der Waals surface area contributed by atoms with Crippen molar-refractivity contribution in [2.45, 2.75) is 44.9 Å². The first-order valence-electron chi connectivity index (χ1n) is 11.5. The minimum absolute atomic E-state index is 0.0170. The van der Waals surface area contributed by atoms with E-state index in [2.05, 4.69) is 5.32 Å². The van der Waals surface area contributed by atoms with Gasteiger partial charge in [0, 0.05) is 25.0 Å². The van der Waals surface area contributed by atoms with Gasteiger partial charge in [0.15, 0.2) is 0 Å². The van der Waals surface area contributed by atoms with Gasteiger partial charge in [0.05, 0.1) is 13.1 Å². The van der Waals surface area contributed by atoms with Gasteiger partial charge in [-0.2, -0.15) is 0 Å². The fourth-order valence-electron chi connectivity index (χ4n) is 4.62. The van der Waals surface area contributed by atoms with Crippen LogP contribution in [0.2, 0.25) is 0 Å². The van der Waals surface area contributed by atoms with Crippen molar-refractivity contribution in [1.82, 2.24) is 25.1 Å². The van der Waals surface area contributed by atoms with Crippen molar-refractivity contribution < 1.29 is 18.8 Å². The fraction of sp³-hybridized carbons (Fsp3) is 0.458. The largest absolute Gasteiger partial charge is 0.337 e. The van der Waals surface area contributed by atoms with E-state index in [0.29, 0.717) is 13.0 Å². The van der Waals surface area contributed by atoms with Crippen LogP contribution in [0.3, 0.4) is 0 Å². The monoisotopic (exact) mass is 487 g/mol. The molecule has 2 atom stereocenters. The molecule has 0 radical (unpaired) electrons. The summed E-state index contributed by atoms with van der Waals surface area (Å²) in [6.45, 7) is 3.02. The molecule has 10 heteroatoms. The van der Waals surface area contributed by atoms with Crippen LogP contribution in [0, 0.1) is 5.82 Å². The van der Waals surface area contributed by atoms with Gasteiger partial charge in [0.2, 0.25) is 11.8 Å². The lowest BCUT2D eigenvalue weighted by Gasteiger charge is -2.54. The number of nitrogens with one attached hydrogen (secondary N) is 1. The molecule has 2 saturated heterocycles. The van der Waals surface area contributed by atoms with Gasteiger partial charge in [0.25, 0.3) is 0 Å². The molecule has 1 aromatic heterocycles. The van der Waals surface area contributed by atoms with E-state index in [1.807, 2.05) is 24.4 Å². The minimum atomic E-state index is -0.586. The van der Waals surface area contributed by atoms with Crippen molar-refractivity contribution in [2.24, 2.45) is 0 Å². The highest BCUT2D eigenvalue weighted by atomic mass is 32.1. The van der Waals surface area contributed by atoms with Gasteiger partial charge in [-0.15, -0.1) is 11.3 Å². The Bertz CT molecular complexity index is 1020. The van der Waals surface area contributed by atoms with Crippen molar-refractivity contribution in [3.8, 4) is 0 Å². The molecule has 0 unspecified atom stereocenters. The second-order valence-corrected chi connectivity index (χ2v) is 9.68. The first kappa shape index (κ1) is 24.2. The Morgan fingerprint density at radius 3 is 2.65 bits per heavy atom. The first-order chi connectivity index (χ1) is 16.4. The van der Waals surface area contributed by atoms with E-state index in [-0.39, 0.29) is 43.3 Å². The van der Waals surface area contributed by atoms with Crippen LogP contribution in [0.4, 0.5) is 9.18 Å². The van der Waals surface area contributed by atoms with E-state index >= 15 is 0 Å². The van der Waals surface area contributed by atoms with Gasteiger partial charge in [-0.05, 0) is 42.0 Å². The molecule has 3 heterocycles. The van der Waals surface area contributed by atoms with Crippen LogP contribution < -0.4 is 5.32 Å². The van der Waals surface area contributed by atoms with Crippen molar-refractivity contribution in [3.63, 3.8) is 0 Å². The van der Waals surface area contributed by atoms with Crippen LogP contribution in [0.5, 0.6) is 0 Å². The standard InChI is InChI=1S/C24H30FN5O3S/c1-3-5-20-23(32)28(12-11-19-6-4-13-34-19)15-21-29(20)22(31)16-27(2)30(21)24(33)26-14-17-7-9-18(25)10-8-17/h4,6-10,13,20-21H,3,5,11-12,14-16H2,1-2H3,(H,26,33)/t20-,21-/m0/s1. The normalized spacial score (nSPS) is 21.1. The maximum Gasteiger partial charge on any atom is 0.334 e. The van der Waals surface area contributed by atoms with Crippen molar-refractivity contribution in [2.75, 3.05) is 26.7 Å². The number of hydrazine groups is 1. The summed E-state index contributed by atoms with van der Waals surface area (Å²) < 4.78 is 13.2. The van der Waals surface area contributed by atoms with Crippen LogP contribution in [0.15, 0.2) is 41.8 Å². The highest BCUT2D eigenvalue weighted by Gasteiger charge is 2.50. The lowest BCUT2D eigenvalue weighted by Crippen LogP contribution is -2.76. The molecule has 8 nitrogen and oxygen atoms in total. The molecule has 2 fully saturated rings. The summed E-state index contributed by atoms with van der Waals surface area (Å²) in [5.41, 5.74) is 0.766. The second-order valence-electron chi connectivity index (χ2n) is 8.65. The number of nitrogens with zero attached hydrogens (tertiary/aromatic N) is 4. The molecule has 34 heavy (non-hydrogen) atoms. The number of carbonyl (C=O) groups is 3. The highest BCUT2D eigenvalue weighted by Crippen LogP contribution is 2.28. The number of halogens is 1. The summed E-state index contributed by atoms with van der Waals surface area (Å²) >= 11 is 1.65. The number of likely N-dealkylation sites (N-methyl/N-ethyl adjacent to an activating group) is 1. The van der Waals surface area contributed by atoms with Crippen LogP contribution in [-0.2, 0) is 22.6 Å². The molecule has 0 bridgehead atoms. The number of thiophene rings is 1. The Hall–Kier alpha value is -2.98. The number of hydrogen-bond acceptors (Lipinski definition) is 5. The molecule has 4 rings (SSSR count). The number of piperazine rings is 1. The zero-order chi connectivity index (χ0) is 24.2. The van der Waals surface area contributed by atoms with Gasteiger partial charge in [-0.1, -0.05) is 31.5 Å². The number of amides is 4. The lowest BCUT2D eigenvalue weighted by atomic mass is 10.0. The first-order valence-corrected chi connectivity index (χ1v) is 12.4. The average molecular weight is 488 g/mol. The quantitative estimate of drug-likeness (QED) is 0.652. The molecule has 182 valence electrons. The third-order valence-electron chi connectivity index (χ3n) is 6.27. The third-order valence-corrected chi connectivity index (χ3v) is 7.21. The molecule has 1 N–H and O–H groups in total. The molecule has 0 aliphatic carbocycles. The van der Waals surface area contributed by atoms with E-state index in [1.165, 1.54) is 22.0 Å². The summed E-state index contributed by atoms with van der Waals surface area (Å²) in [4.78, 5) is 44.2. The Morgan fingerprint density at radius 1 is 1.21 bits per heavy atom. The molecule has 2 aliphatic rings. The lowest BCUT2D eigenvalue weighted by molar-refractivity contribution is -0.187. The average Bonchev–Trinajstić information content (AvgIpc) is 3.33. The number of hydrogen-bond donors (Lipinski definition) is 1. The number of benzene rings is 1. The highest BCUT2D eigenvalue weighted by molar-refractivity contribution is 7.09. The Labute approximate surface area is 202 Å². The zero-order valence-electron chi connectivity index (χ0n) is 19.4. The van der Waals surface area contributed by atoms with Gasteiger partial charge in [-0.25, -0.2) is 19.2 Å². The number of fused-ring (bicyclic) bond motifs is 1. The van der Waals surface area contributed by atoms with E-state index in [4.69, 9.17) is 0 Å². The van der Waals surface area contributed by atoms with Crippen molar-refractivity contribution >= 4 is 29.2 Å². The minimum Gasteiger partial charge on any atom is -0.337 e. The molecular formula is C24H30FN5O3S. The topological polar surface area (TPSA) is 76.2 Å². The number of rotatable bonds is 7. The van der Waals surface area contributed by atoms with E-state index in [9.17, 15) is 18.8 Å². The predicted molar refractivity (Wildman–Crippen MR) is 127 cm³/mol. The Kier molecular flexibility index (Phi) is 7.47. The fourth-order valence-corrected chi connectivity index (χ4v) is 5.32. The van der Waals surface area contributed by atoms with Crippen LogP contribution in [0.25, 0.3) is 0 Å². The summed E-state index contributed by atoms with van der Waals surface area (Å²) in [6, 6.07) is 9.02. The molecule has 0 saturated carbocycles. The van der Waals surface area contributed by atoms with Crippen molar-refractivity contribution in [1.29, 1.82) is 0 Å². The van der Waals surface area contributed by atoms with Gasteiger partial charge >= 0.3 is 6.03 Å². The summed E-state index contributed by atoms with van der Waals surface area (Å²) in [6.07, 6.45) is 1.44. The van der Waals surface area contributed by atoms with Crippen LogP contribution >= 0.6 is 11.3 Å². The van der Waals surface area contributed by atoms with Crippen LogP contribution in [-0.4, -0.2) is 76.6 Å². The van der Waals surface area contributed by atoms with Crippen molar-refractivity contribution in [3.05, 3.63) is 58.0 Å². The third kappa shape index (κ3) is 5.07. The maximum absolute atomic E-state index is 13.3. The Morgan fingerprint density at radius 2 is 1.97 bits per heavy atom. The summed E-state index contributed by atoms with van der Waals surface area (Å²) in [5.74, 6) is -0.546. The predicted octanol–water partition coefficient (Wildman–Crippen LogP) is 2.67. The molecule has 0 spiro atoms. The Balaban J connectivity index is 1.54. The number of carbonyl (C=O) groups excluding carboxylic acids is 3. The molecule has 4 amide bonds. The zero-order valence-corrected chi connectivity index (χ0v) is 20.3. The SMILES string of the molecule is CCC[C@H]1C(=O)N(CCc2cccs2)C[C@H]2N1C(=O)CN(C)N2C(=O)NCc1ccc(F)cc1. The van der Waals surface area contributed by atoms with E-state index < -0.39 is 12.2 Å². The molecule has 2 aromatic rings. The van der Waals surface area contributed by atoms with Gasteiger partial charge < -0.3 is 15.1 Å². The molecular weight excluding hydrogens is 457 g/mol. The smallest absolute Gasteiger partial charge is 0.334 e. The number of urea groups is 1. The van der Waals surface area contributed by atoms with Gasteiger partial charge in [-0.3, -0.25) is 9.59 Å². The van der Waals surface area contributed by atoms with E-state index in [0.717, 1.165) is 18.4 Å². The second kappa shape index (κ2) is 10.5. The molecule has 2 aliphatic heterocycles. The van der Waals surface area contributed by atoms with Crippen LogP contribution in [0.1, 0.15) is 30.2 Å². The molecule has 1 aromatic carbocycles.